The zero-order chi connectivity index (χ0) is 32.3. The molecule has 0 atom stereocenters. The molecule has 0 fully saturated rings. The number of hydrogen-bond acceptors (Lipinski definition) is 1. The van der Waals surface area contributed by atoms with Crippen LogP contribution in [0.25, 0.3) is 98.8 Å². The van der Waals surface area contributed by atoms with Gasteiger partial charge in [-0.3, -0.25) is 0 Å². The maximum absolute atomic E-state index is 6.42. The average Bonchev–Trinajstić information content (AvgIpc) is 3.55. The summed E-state index contributed by atoms with van der Waals surface area (Å²) in [4.78, 5) is 0. The van der Waals surface area contributed by atoms with E-state index >= 15 is 0 Å². The summed E-state index contributed by atoms with van der Waals surface area (Å²) in [6.07, 6.45) is 0. The van der Waals surface area contributed by atoms with Gasteiger partial charge >= 0.3 is 0 Å². The first-order valence-corrected chi connectivity index (χ1v) is 16.8. The van der Waals surface area contributed by atoms with Crippen molar-refractivity contribution in [2.24, 2.45) is 0 Å². The smallest absolute Gasteiger partial charge is 0.136 e. The molecule has 0 aliphatic carbocycles. The van der Waals surface area contributed by atoms with Crippen LogP contribution in [-0.2, 0) is 0 Å². The van der Waals surface area contributed by atoms with Crippen molar-refractivity contribution in [2.45, 2.75) is 0 Å². The van der Waals surface area contributed by atoms with Crippen LogP contribution in [0, 0.1) is 0 Å². The summed E-state index contributed by atoms with van der Waals surface area (Å²) < 4.78 is 6.42. The Morgan fingerprint density at radius 2 is 0.796 bits per heavy atom. The summed E-state index contributed by atoms with van der Waals surface area (Å²) in [5.74, 6) is 0. The largest absolute Gasteiger partial charge is 0.456 e. The van der Waals surface area contributed by atoms with Gasteiger partial charge in [0.05, 0.1) is 0 Å². The van der Waals surface area contributed by atoms with Gasteiger partial charge in [-0.05, 0) is 107 Å². The van der Waals surface area contributed by atoms with E-state index < -0.39 is 0 Å². The van der Waals surface area contributed by atoms with E-state index in [2.05, 4.69) is 182 Å². The third-order valence-corrected chi connectivity index (χ3v) is 10.0. The van der Waals surface area contributed by atoms with Crippen LogP contribution in [0.15, 0.2) is 186 Å². The van der Waals surface area contributed by atoms with Gasteiger partial charge in [-0.25, -0.2) is 0 Å². The highest BCUT2D eigenvalue weighted by atomic mass is 16.3. The number of hydrogen-bond donors (Lipinski definition) is 0. The van der Waals surface area contributed by atoms with Crippen LogP contribution in [0.3, 0.4) is 0 Å². The molecule has 0 saturated heterocycles. The number of fused-ring (bicyclic) bond motifs is 6. The topological polar surface area (TPSA) is 13.1 Å². The monoisotopic (exact) mass is 622 g/mol. The van der Waals surface area contributed by atoms with Crippen molar-refractivity contribution in [1.29, 1.82) is 0 Å². The van der Waals surface area contributed by atoms with Gasteiger partial charge in [0.25, 0.3) is 0 Å². The summed E-state index contributed by atoms with van der Waals surface area (Å²) in [7, 11) is 0. The SMILES string of the molecule is c1ccc(-c2ccc3cc(-c4c5ccccc5c(-c5ccc6oc7cccc(-c8ccccc8)c7c6c5)c5ccccc45)ccc3c2)cc1. The van der Waals surface area contributed by atoms with E-state index in [0.717, 1.165) is 21.9 Å². The molecule has 0 spiro atoms. The van der Waals surface area contributed by atoms with E-state index in [1.54, 1.807) is 0 Å². The van der Waals surface area contributed by atoms with Crippen LogP contribution in [-0.4, -0.2) is 0 Å². The molecule has 0 unspecified atom stereocenters. The molecule has 0 saturated carbocycles. The molecular weight excluding hydrogens is 593 g/mol. The van der Waals surface area contributed by atoms with Crippen LogP contribution >= 0.6 is 0 Å². The quantitative estimate of drug-likeness (QED) is 0.178. The third kappa shape index (κ3) is 4.47. The Kier molecular flexibility index (Phi) is 6.25. The number of rotatable bonds is 4. The first-order chi connectivity index (χ1) is 24.3. The summed E-state index contributed by atoms with van der Waals surface area (Å²) in [5, 5.41) is 9.75. The fourth-order valence-electron chi connectivity index (χ4n) is 7.80. The van der Waals surface area contributed by atoms with Crippen molar-refractivity contribution in [3.05, 3.63) is 182 Å². The molecule has 10 rings (SSSR count). The highest BCUT2D eigenvalue weighted by Gasteiger charge is 2.19. The number of furan rings is 1. The normalized spacial score (nSPS) is 11.7. The van der Waals surface area contributed by atoms with Gasteiger partial charge in [0.2, 0.25) is 0 Å². The van der Waals surface area contributed by atoms with Gasteiger partial charge in [-0.1, -0.05) is 152 Å². The van der Waals surface area contributed by atoms with E-state index in [0.29, 0.717) is 0 Å². The standard InChI is InChI=1S/C48H30O/c1-3-12-31(13-4-1)33-22-23-35-29-36(25-24-34(35)28-33)46-39-16-7-9-18-41(39)47(42-19-10-8-17-40(42)46)37-26-27-44-43(30-37)48-38(20-11-21-45(48)49-44)32-14-5-2-6-15-32/h1-30H. The molecule has 0 bridgehead atoms. The highest BCUT2D eigenvalue weighted by Crippen LogP contribution is 2.46. The molecule has 1 heterocycles. The summed E-state index contributed by atoms with van der Waals surface area (Å²) >= 11 is 0. The van der Waals surface area contributed by atoms with Gasteiger partial charge in [-0.2, -0.15) is 0 Å². The van der Waals surface area contributed by atoms with Gasteiger partial charge < -0.3 is 4.42 Å². The van der Waals surface area contributed by atoms with Gasteiger partial charge in [0.15, 0.2) is 0 Å². The Balaban J connectivity index is 1.20. The molecule has 0 aliphatic rings. The molecule has 0 N–H and O–H groups in total. The zero-order valence-corrected chi connectivity index (χ0v) is 26.7. The molecule has 228 valence electrons. The van der Waals surface area contributed by atoms with E-state index in [1.165, 1.54) is 76.8 Å². The predicted molar refractivity (Wildman–Crippen MR) is 208 cm³/mol. The molecule has 10 aromatic rings. The first-order valence-electron chi connectivity index (χ1n) is 16.8. The molecule has 0 amide bonds. The lowest BCUT2D eigenvalue weighted by Gasteiger charge is -2.18. The van der Waals surface area contributed by atoms with Crippen LogP contribution in [0.4, 0.5) is 0 Å². The zero-order valence-electron chi connectivity index (χ0n) is 26.7. The molecule has 49 heavy (non-hydrogen) atoms. The maximum Gasteiger partial charge on any atom is 0.136 e. The molecule has 0 radical (unpaired) electrons. The van der Waals surface area contributed by atoms with Gasteiger partial charge in [-0.15, -0.1) is 0 Å². The van der Waals surface area contributed by atoms with Crippen LogP contribution < -0.4 is 0 Å². The molecule has 0 aliphatic heterocycles. The van der Waals surface area contributed by atoms with Crippen LogP contribution in [0.2, 0.25) is 0 Å². The van der Waals surface area contributed by atoms with Crippen molar-refractivity contribution in [1.82, 2.24) is 0 Å². The first kappa shape index (κ1) is 27.7. The lowest BCUT2D eigenvalue weighted by atomic mass is 9.85. The second-order valence-electron chi connectivity index (χ2n) is 12.8. The minimum atomic E-state index is 0.902. The van der Waals surface area contributed by atoms with Crippen molar-refractivity contribution >= 4 is 54.3 Å². The number of benzene rings is 9. The molecule has 1 aromatic heterocycles. The Morgan fingerprint density at radius 3 is 1.43 bits per heavy atom. The van der Waals surface area contributed by atoms with Crippen molar-refractivity contribution in [3.63, 3.8) is 0 Å². The van der Waals surface area contributed by atoms with Crippen molar-refractivity contribution in [2.75, 3.05) is 0 Å². The van der Waals surface area contributed by atoms with E-state index in [-0.39, 0.29) is 0 Å². The Bertz CT molecular complexity index is 2800. The van der Waals surface area contributed by atoms with Gasteiger partial charge in [0, 0.05) is 10.8 Å². The van der Waals surface area contributed by atoms with E-state index in [4.69, 9.17) is 4.42 Å². The Labute approximate surface area is 284 Å². The van der Waals surface area contributed by atoms with Crippen LogP contribution in [0.5, 0.6) is 0 Å². The second kappa shape index (κ2) is 11.1. The van der Waals surface area contributed by atoms with Crippen molar-refractivity contribution in [3.8, 4) is 44.5 Å². The minimum Gasteiger partial charge on any atom is -0.456 e. The summed E-state index contributed by atoms with van der Waals surface area (Å²) in [6.45, 7) is 0. The predicted octanol–water partition coefficient (Wildman–Crippen LogP) is 13.7. The third-order valence-electron chi connectivity index (χ3n) is 10.0. The average molecular weight is 623 g/mol. The fourth-order valence-corrected chi connectivity index (χ4v) is 7.80. The minimum absolute atomic E-state index is 0.902. The molecule has 1 nitrogen and oxygen atoms in total. The van der Waals surface area contributed by atoms with Crippen molar-refractivity contribution < 1.29 is 4.42 Å². The Hall–Kier alpha value is -6.44. The van der Waals surface area contributed by atoms with E-state index in [9.17, 15) is 0 Å². The molecule has 1 heteroatoms. The lowest BCUT2D eigenvalue weighted by Crippen LogP contribution is -1.91. The van der Waals surface area contributed by atoms with E-state index in [1.807, 2.05) is 0 Å². The second-order valence-corrected chi connectivity index (χ2v) is 12.8. The lowest BCUT2D eigenvalue weighted by molar-refractivity contribution is 0.669. The Morgan fingerprint density at radius 1 is 0.286 bits per heavy atom. The summed E-state index contributed by atoms with van der Waals surface area (Å²) in [6, 6.07) is 65.7. The van der Waals surface area contributed by atoms with Gasteiger partial charge in [0.1, 0.15) is 11.2 Å². The van der Waals surface area contributed by atoms with Crippen LogP contribution in [0.1, 0.15) is 0 Å². The highest BCUT2D eigenvalue weighted by molar-refractivity contribution is 6.23. The maximum atomic E-state index is 6.42. The molecule has 9 aromatic carbocycles. The fraction of sp³-hybridized carbons (Fsp3) is 0. The molecular formula is C48H30O. The summed E-state index contributed by atoms with van der Waals surface area (Å²) in [5.41, 5.74) is 11.6.